The van der Waals surface area contributed by atoms with E-state index in [0.717, 1.165) is 31.4 Å². The van der Waals surface area contributed by atoms with Gasteiger partial charge in [0.15, 0.2) is 0 Å². The van der Waals surface area contributed by atoms with Crippen LogP contribution in [0.15, 0.2) is 18.2 Å². The van der Waals surface area contributed by atoms with Crippen LogP contribution < -0.4 is 5.32 Å². The fraction of sp³-hybridized carbons (Fsp3) is 0.647. The van der Waals surface area contributed by atoms with Crippen molar-refractivity contribution in [1.82, 2.24) is 10.2 Å². The van der Waals surface area contributed by atoms with Crippen LogP contribution in [0, 0.1) is 5.92 Å². The largest absolute Gasteiger partial charge is 0.416 e. The minimum atomic E-state index is -4.80. The van der Waals surface area contributed by atoms with E-state index in [0.29, 0.717) is 26.2 Å². The first-order chi connectivity index (χ1) is 11.7. The molecule has 0 spiro atoms. The third-order valence-electron chi connectivity index (χ3n) is 5.09. The van der Waals surface area contributed by atoms with E-state index in [9.17, 15) is 26.3 Å². The SMILES string of the molecule is FC(F)(F)c1cc([C@@H](C2CCC2)N2CCNCC2)cc(C(F)(F)F)c1. The number of alkyl halides is 6. The number of hydrogen-bond donors (Lipinski definition) is 1. The molecule has 2 fully saturated rings. The number of piperazine rings is 1. The first-order valence-electron chi connectivity index (χ1n) is 8.40. The summed E-state index contributed by atoms with van der Waals surface area (Å²) in [5, 5.41) is 3.17. The highest BCUT2D eigenvalue weighted by Crippen LogP contribution is 2.44. The van der Waals surface area contributed by atoms with Crippen LogP contribution in [0.4, 0.5) is 26.3 Å². The Morgan fingerprint density at radius 1 is 0.880 bits per heavy atom. The summed E-state index contributed by atoms with van der Waals surface area (Å²) in [6.45, 7) is 2.63. The van der Waals surface area contributed by atoms with Gasteiger partial charge in [0.1, 0.15) is 0 Å². The molecule has 2 aliphatic rings. The molecule has 0 radical (unpaired) electrons. The first kappa shape index (κ1) is 18.5. The average Bonchev–Trinajstić information content (AvgIpc) is 2.49. The van der Waals surface area contributed by atoms with Gasteiger partial charge < -0.3 is 5.32 Å². The second-order valence-corrected chi connectivity index (χ2v) is 6.76. The standard InChI is InChI=1S/C17H20F6N2/c18-16(19,20)13-8-12(9-14(10-13)17(21,22)23)15(11-2-1-3-11)25-6-4-24-5-7-25/h8-11,15,24H,1-7H2/t15-/m1/s1. The van der Waals surface area contributed by atoms with Crippen LogP contribution in [-0.2, 0) is 12.4 Å². The highest BCUT2D eigenvalue weighted by Gasteiger charge is 2.40. The summed E-state index contributed by atoms with van der Waals surface area (Å²) in [7, 11) is 0. The van der Waals surface area contributed by atoms with E-state index in [4.69, 9.17) is 0 Å². The van der Waals surface area contributed by atoms with Gasteiger partial charge in [-0.15, -0.1) is 0 Å². The zero-order valence-electron chi connectivity index (χ0n) is 13.6. The van der Waals surface area contributed by atoms with Gasteiger partial charge in [-0.1, -0.05) is 6.42 Å². The van der Waals surface area contributed by atoms with Crippen molar-refractivity contribution in [3.05, 3.63) is 34.9 Å². The topological polar surface area (TPSA) is 15.3 Å². The van der Waals surface area contributed by atoms with Gasteiger partial charge in [0.2, 0.25) is 0 Å². The molecular formula is C17H20F6N2. The number of benzene rings is 1. The molecule has 1 aromatic rings. The quantitative estimate of drug-likeness (QED) is 0.794. The van der Waals surface area contributed by atoms with Crippen LogP contribution in [0.5, 0.6) is 0 Å². The van der Waals surface area contributed by atoms with Crippen LogP contribution in [-0.4, -0.2) is 31.1 Å². The van der Waals surface area contributed by atoms with E-state index < -0.39 is 23.5 Å². The third kappa shape index (κ3) is 4.11. The van der Waals surface area contributed by atoms with Crippen LogP contribution in [0.3, 0.4) is 0 Å². The van der Waals surface area contributed by atoms with E-state index in [1.807, 2.05) is 4.90 Å². The van der Waals surface area contributed by atoms with E-state index in [1.54, 1.807) is 0 Å². The van der Waals surface area contributed by atoms with E-state index in [-0.39, 0.29) is 23.6 Å². The van der Waals surface area contributed by atoms with Crippen molar-refractivity contribution in [1.29, 1.82) is 0 Å². The number of halogens is 6. The van der Waals surface area contributed by atoms with Crippen molar-refractivity contribution >= 4 is 0 Å². The van der Waals surface area contributed by atoms with Gasteiger partial charge in [-0.2, -0.15) is 26.3 Å². The Labute approximate surface area is 142 Å². The van der Waals surface area contributed by atoms with Crippen molar-refractivity contribution in [2.75, 3.05) is 26.2 Å². The summed E-state index contributed by atoms with van der Waals surface area (Å²) in [4.78, 5) is 2.02. The monoisotopic (exact) mass is 366 g/mol. The Bertz CT molecular complexity index is 568. The molecule has 1 aromatic carbocycles. The molecule has 1 aliphatic heterocycles. The molecule has 1 heterocycles. The molecule has 140 valence electrons. The molecule has 2 nitrogen and oxygen atoms in total. The second-order valence-electron chi connectivity index (χ2n) is 6.76. The maximum Gasteiger partial charge on any atom is 0.416 e. The molecular weight excluding hydrogens is 346 g/mol. The molecule has 1 aliphatic carbocycles. The Kier molecular flexibility index (Phi) is 5.03. The Morgan fingerprint density at radius 3 is 1.80 bits per heavy atom. The number of rotatable bonds is 3. The fourth-order valence-electron chi connectivity index (χ4n) is 3.65. The van der Waals surface area contributed by atoms with Gasteiger partial charge in [-0.3, -0.25) is 4.90 Å². The zero-order valence-corrected chi connectivity index (χ0v) is 13.6. The molecule has 0 aromatic heterocycles. The van der Waals surface area contributed by atoms with E-state index >= 15 is 0 Å². The van der Waals surface area contributed by atoms with Crippen molar-refractivity contribution in [3.63, 3.8) is 0 Å². The zero-order chi connectivity index (χ0) is 18.2. The first-order valence-corrected chi connectivity index (χ1v) is 8.40. The van der Waals surface area contributed by atoms with Crippen molar-refractivity contribution in [3.8, 4) is 0 Å². The van der Waals surface area contributed by atoms with Crippen LogP contribution in [0.25, 0.3) is 0 Å². The molecule has 1 atom stereocenters. The van der Waals surface area contributed by atoms with Gasteiger partial charge >= 0.3 is 12.4 Å². The molecule has 1 saturated heterocycles. The molecule has 8 heteroatoms. The number of nitrogens with one attached hydrogen (secondary N) is 1. The maximum atomic E-state index is 13.1. The third-order valence-corrected chi connectivity index (χ3v) is 5.09. The minimum absolute atomic E-state index is 0.114. The van der Waals surface area contributed by atoms with E-state index in [2.05, 4.69) is 5.32 Å². The van der Waals surface area contributed by atoms with E-state index in [1.165, 1.54) is 0 Å². The molecule has 1 saturated carbocycles. The fourth-order valence-corrected chi connectivity index (χ4v) is 3.65. The van der Waals surface area contributed by atoms with Crippen LogP contribution >= 0.6 is 0 Å². The lowest BCUT2D eigenvalue weighted by Gasteiger charge is -2.43. The highest BCUT2D eigenvalue weighted by atomic mass is 19.4. The predicted octanol–water partition coefficient (Wildman–Crippen LogP) is 4.47. The van der Waals surface area contributed by atoms with Gasteiger partial charge in [0, 0.05) is 32.2 Å². The lowest BCUT2D eigenvalue weighted by Crippen LogP contribution is -2.48. The summed E-state index contributed by atoms with van der Waals surface area (Å²) in [6, 6.07) is 1.62. The summed E-state index contributed by atoms with van der Waals surface area (Å²) in [5.74, 6) is 0.114. The van der Waals surface area contributed by atoms with Gasteiger partial charge in [0.25, 0.3) is 0 Å². The highest BCUT2D eigenvalue weighted by molar-refractivity contribution is 5.36. The maximum absolute atomic E-state index is 13.1. The minimum Gasteiger partial charge on any atom is -0.314 e. The summed E-state index contributed by atoms with van der Waals surface area (Å²) in [5.41, 5.74) is -2.32. The predicted molar refractivity (Wildman–Crippen MR) is 81.0 cm³/mol. The lowest BCUT2D eigenvalue weighted by molar-refractivity contribution is -0.143. The second kappa shape index (κ2) is 6.79. The van der Waals surface area contributed by atoms with Crippen LogP contribution in [0.1, 0.15) is 42.0 Å². The lowest BCUT2D eigenvalue weighted by atomic mass is 9.75. The molecule has 0 bridgehead atoms. The number of nitrogens with zero attached hydrogens (tertiary/aromatic N) is 1. The van der Waals surface area contributed by atoms with Gasteiger partial charge in [-0.25, -0.2) is 0 Å². The van der Waals surface area contributed by atoms with Crippen LogP contribution in [0.2, 0.25) is 0 Å². The molecule has 25 heavy (non-hydrogen) atoms. The Morgan fingerprint density at radius 2 is 1.40 bits per heavy atom. The molecule has 0 amide bonds. The van der Waals surface area contributed by atoms with Crippen molar-refractivity contribution in [2.24, 2.45) is 5.92 Å². The summed E-state index contributed by atoms with van der Waals surface area (Å²) < 4.78 is 78.9. The van der Waals surface area contributed by atoms with Crippen molar-refractivity contribution in [2.45, 2.75) is 37.7 Å². The Balaban J connectivity index is 2.04. The summed E-state index contributed by atoms with van der Waals surface area (Å²) in [6.07, 6.45) is -6.95. The summed E-state index contributed by atoms with van der Waals surface area (Å²) >= 11 is 0. The number of hydrogen-bond acceptors (Lipinski definition) is 2. The molecule has 3 rings (SSSR count). The normalized spacial score (nSPS) is 21.8. The van der Waals surface area contributed by atoms with Gasteiger partial charge in [0.05, 0.1) is 11.1 Å². The molecule has 0 unspecified atom stereocenters. The molecule has 1 N–H and O–H groups in total. The Hall–Kier alpha value is -1.28. The smallest absolute Gasteiger partial charge is 0.314 e. The van der Waals surface area contributed by atoms with Crippen molar-refractivity contribution < 1.29 is 26.3 Å². The average molecular weight is 366 g/mol. The van der Waals surface area contributed by atoms with Gasteiger partial charge in [-0.05, 0) is 42.5 Å².